The fraction of sp³-hybridized carbons (Fsp3) is 0.455. The summed E-state index contributed by atoms with van der Waals surface area (Å²) in [6, 6.07) is 6.20. The van der Waals surface area contributed by atoms with Crippen LogP contribution >= 0.6 is 0 Å². The van der Waals surface area contributed by atoms with Crippen molar-refractivity contribution in [3.05, 3.63) is 34.9 Å². The molecule has 1 N–H and O–H groups in total. The standard InChI is InChI=1S/C11H14O/c1-8-4-2-6-10-9(8)5-3-7-11(10)12/h2,4,6,11-12H,3,5,7H2,1H3. The molecule has 0 aromatic heterocycles. The number of benzene rings is 1. The van der Waals surface area contributed by atoms with Gasteiger partial charge in [0.1, 0.15) is 0 Å². The first-order valence-electron chi connectivity index (χ1n) is 4.55. The van der Waals surface area contributed by atoms with E-state index in [4.69, 9.17) is 0 Å². The van der Waals surface area contributed by atoms with Gasteiger partial charge in [-0.2, -0.15) is 0 Å². The van der Waals surface area contributed by atoms with Crippen LogP contribution in [0.1, 0.15) is 35.6 Å². The number of aliphatic hydroxyl groups excluding tert-OH is 1. The van der Waals surface area contributed by atoms with Crippen molar-refractivity contribution in [2.24, 2.45) is 0 Å². The minimum atomic E-state index is -0.214. The van der Waals surface area contributed by atoms with Crippen LogP contribution in [0.4, 0.5) is 0 Å². The third kappa shape index (κ3) is 1.14. The molecule has 0 bridgehead atoms. The molecule has 0 radical (unpaired) electrons. The second-order valence-electron chi connectivity index (χ2n) is 3.55. The molecule has 0 saturated heterocycles. The summed E-state index contributed by atoms with van der Waals surface area (Å²) in [5.41, 5.74) is 3.85. The lowest BCUT2D eigenvalue weighted by Gasteiger charge is -2.22. The Bertz CT molecular complexity index is 291. The lowest BCUT2D eigenvalue weighted by atomic mass is 9.87. The Labute approximate surface area is 73.0 Å². The van der Waals surface area contributed by atoms with Crippen LogP contribution in [0.2, 0.25) is 0 Å². The van der Waals surface area contributed by atoms with E-state index in [1.54, 1.807) is 0 Å². The first-order valence-corrected chi connectivity index (χ1v) is 4.55. The van der Waals surface area contributed by atoms with Gasteiger partial charge in [-0.25, -0.2) is 0 Å². The molecular formula is C11H14O. The van der Waals surface area contributed by atoms with Crippen molar-refractivity contribution in [2.75, 3.05) is 0 Å². The highest BCUT2D eigenvalue weighted by Crippen LogP contribution is 2.30. The van der Waals surface area contributed by atoms with Gasteiger partial charge in [0.15, 0.2) is 0 Å². The molecule has 0 aliphatic heterocycles. The molecule has 12 heavy (non-hydrogen) atoms. The number of aryl methyl sites for hydroxylation is 1. The van der Waals surface area contributed by atoms with Gasteiger partial charge in [-0.15, -0.1) is 0 Å². The van der Waals surface area contributed by atoms with Crippen LogP contribution in [0, 0.1) is 6.92 Å². The zero-order chi connectivity index (χ0) is 8.55. The molecule has 1 aromatic carbocycles. The minimum Gasteiger partial charge on any atom is -0.388 e. The van der Waals surface area contributed by atoms with Gasteiger partial charge < -0.3 is 5.11 Å². The maximum Gasteiger partial charge on any atom is 0.0792 e. The third-order valence-corrected chi connectivity index (χ3v) is 2.71. The summed E-state index contributed by atoms with van der Waals surface area (Å²) in [5.74, 6) is 0. The van der Waals surface area contributed by atoms with Crippen molar-refractivity contribution in [2.45, 2.75) is 32.3 Å². The molecule has 1 heteroatoms. The van der Waals surface area contributed by atoms with Crippen molar-refractivity contribution in [1.82, 2.24) is 0 Å². The van der Waals surface area contributed by atoms with Gasteiger partial charge in [-0.1, -0.05) is 18.2 Å². The maximum absolute atomic E-state index is 9.69. The molecule has 0 spiro atoms. The van der Waals surface area contributed by atoms with Gasteiger partial charge >= 0.3 is 0 Å². The largest absolute Gasteiger partial charge is 0.388 e. The zero-order valence-corrected chi connectivity index (χ0v) is 7.38. The average molecular weight is 162 g/mol. The average Bonchev–Trinajstić information content (AvgIpc) is 2.07. The lowest BCUT2D eigenvalue weighted by molar-refractivity contribution is 0.156. The van der Waals surface area contributed by atoms with E-state index in [2.05, 4.69) is 13.0 Å². The summed E-state index contributed by atoms with van der Waals surface area (Å²) >= 11 is 0. The highest BCUT2D eigenvalue weighted by atomic mass is 16.3. The molecule has 0 saturated carbocycles. The monoisotopic (exact) mass is 162 g/mol. The van der Waals surface area contributed by atoms with Crippen molar-refractivity contribution >= 4 is 0 Å². The van der Waals surface area contributed by atoms with Crippen molar-refractivity contribution in [3.63, 3.8) is 0 Å². The first kappa shape index (κ1) is 7.81. The second-order valence-corrected chi connectivity index (χ2v) is 3.55. The van der Waals surface area contributed by atoms with E-state index in [9.17, 15) is 5.11 Å². The van der Waals surface area contributed by atoms with E-state index in [-0.39, 0.29) is 6.10 Å². The smallest absolute Gasteiger partial charge is 0.0792 e. The van der Waals surface area contributed by atoms with Crippen LogP contribution in [0.25, 0.3) is 0 Å². The maximum atomic E-state index is 9.69. The molecule has 0 heterocycles. The van der Waals surface area contributed by atoms with E-state index in [0.29, 0.717) is 0 Å². The number of fused-ring (bicyclic) bond motifs is 1. The molecule has 1 nitrogen and oxygen atoms in total. The van der Waals surface area contributed by atoms with Gasteiger partial charge in [0.05, 0.1) is 6.10 Å². The number of hydrogen-bond donors (Lipinski definition) is 1. The highest BCUT2D eigenvalue weighted by Gasteiger charge is 2.18. The Morgan fingerprint density at radius 2 is 2.25 bits per heavy atom. The Kier molecular flexibility index (Phi) is 1.89. The van der Waals surface area contributed by atoms with Crippen LogP contribution in [-0.4, -0.2) is 5.11 Å². The van der Waals surface area contributed by atoms with E-state index in [1.807, 2.05) is 12.1 Å². The number of rotatable bonds is 0. The molecule has 2 rings (SSSR count). The van der Waals surface area contributed by atoms with Crippen LogP contribution in [0.15, 0.2) is 18.2 Å². The predicted octanol–water partition coefficient (Wildman–Crippen LogP) is 2.36. The molecule has 1 unspecified atom stereocenters. The van der Waals surface area contributed by atoms with Crippen LogP contribution in [-0.2, 0) is 6.42 Å². The van der Waals surface area contributed by atoms with Gasteiger partial charge in [0.2, 0.25) is 0 Å². The number of hydrogen-bond acceptors (Lipinski definition) is 1. The molecule has 1 aliphatic carbocycles. The van der Waals surface area contributed by atoms with Crippen LogP contribution in [0.5, 0.6) is 0 Å². The second kappa shape index (κ2) is 2.91. The minimum absolute atomic E-state index is 0.214. The SMILES string of the molecule is Cc1cccc2c1CCCC2O. The summed E-state index contributed by atoms with van der Waals surface area (Å²) in [7, 11) is 0. The van der Waals surface area contributed by atoms with Crippen molar-refractivity contribution < 1.29 is 5.11 Å². The topological polar surface area (TPSA) is 20.2 Å². The molecule has 64 valence electrons. The van der Waals surface area contributed by atoms with E-state index in [1.165, 1.54) is 11.1 Å². The summed E-state index contributed by atoms with van der Waals surface area (Å²) in [5, 5.41) is 9.69. The van der Waals surface area contributed by atoms with Crippen LogP contribution < -0.4 is 0 Å². The van der Waals surface area contributed by atoms with E-state index >= 15 is 0 Å². The molecule has 1 aliphatic rings. The quantitative estimate of drug-likeness (QED) is 0.621. The predicted molar refractivity (Wildman–Crippen MR) is 49.1 cm³/mol. The summed E-state index contributed by atoms with van der Waals surface area (Å²) in [4.78, 5) is 0. The van der Waals surface area contributed by atoms with Gasteiger partial charge in [-0.3, -0.25) is 0 Å². The fourth-order valence-corrected chi connectivity index (χ4v) is 2.01. The first-order chi connectivity index (χ1) is 5.79. The van der Waals surface area contributed by atoms with Crippen LogP contribution in [0.3, 0.4) is 0 Å². The van der Waals surface area contributed by atoms with Gasteiger partial charge in [0.25, 0.3) is 0 Å². The van der Waals surface area contributed by atoms with Crippen molar-refractivity contribution in [1.29, 1.82) is 0 Å². The Balaban J connectivity index is 2.52. The Morgan fingerprint density at radius 3 is 3.00 bits per heavy atom. The lowest BCUT2D eigenvalue weighted by Crippen LogP contribution is -2.10. The summed E-state index contributed by atoms with van der Waals surface area (Å²) < 4.78 is 0. The van der Waals surface area contributed by atoms with E-state index in [0.717, 1.165) is 24.8 Å². The molecule has 1 atom stereocenters. The normalized spacial score (nSPS) is 22.0. The number of aliphatic hydroxyl groups is 1. The van der Waals surface area contributed by atoms with Gasteiger partial charge in [-0.05, 0) is 42.9 Å². The molecule has 1 aromatic rings. The summed E-state index contributed by atoms with van der Waals surface area (Å²) in [6.45, 7) is 2.12. The molecule has 0 amide bonds. The fourth-order valence-electron chi connectivity index (χ4n) is 2.01. The Hall–Kier alpha value is -0.820. The third-order valence-electron chi connectivity index (χ3n) is 2.71. The summed E-state index contributed by atoms with van der Waals surface area (Å²) in [6.07, 6.45) is 2.97. The molecule has 0 fully saturated rings. The van der Waals surface area contributed by atoms with Gasteiger partial charge in [0, 0.05) is 0 Å². The zero-order valence-electron chi connectivity index (χ0n) is 7.38. The van der Waals surface area contributed by atoms with E-state index < -0.39 is 0 Å². The van der Waals surface area contributed by atoms with Crippen molar-refractivity contribution in [3.8, 4) is 0 Å². The Morgan fingerprint density at radius 1 is 1.42 bits per heavy atom. The highest BCUT2D eigenvalue weighted by molar-refractivity contribution is 5.37. The molecular weight excluding hydrogens is 148 g/mol.